The molecule has 0 spiro atoms. The van der Waals surface area contributed by atoms with E-state index in [1.165, 1.54) is 62.5 Å². The normalized spacial score (nSPS) is 10.9. The monoisotopic (exact) mass is 383 g/mol. The minimum Gasteiger partial charge on any atom is -0.491 e. The van der Waals surface area contributed by atoms with E-state index in [2.05, 4.69) is 47.3 Å². The topological polar surface area (TPSA) is 47.0 Å². The molecule has 4 heteroatoms. The number of unbranched alkanes of at least 4 members (excludes halogenated alkanes) is 6. The number of ether oxygens (including phenoxy) is 1. The lowest BCUT2D eigenvalue weighted by atomic mass is 10.0. The summed E-state index contributed by atoms with van der Waals surface area (Å²) in [5.41, 5.74) is 4.73. The van der Waals surface area contributed by atoms with Gasteiger partial charge in [0, 0.05) is 11.3 Å². The van der Waals surface area contributed by atoms with E-state index in [4.69, 9.17) is 4.74 Å². The summed E-state index contributed by atoms with van der Waals surface area (Å²) in [6.45, 7) is 9.76. The molecule has 0 bridgehead atoms. The van der Waals surface area contributed by atoms with Crippen molar-refractivity contribution in [3.63, 3.8) is 0 Å². The van der Waals surface area contributed by atoms with Gasteiger partial charge in [-0.15, -0.1) is 0 Å². The van der Waals surface area contributed by atoms with E-state index in [0.29, 0.717) is 6.61 Å². The number of benzene rings is 1. The van der Waals surface area contributed by atoms with Crippen LogP contribution in [0.2, 0.25) is 0 Å². The van der Waals surface area contributed by atoms with Gasteiger partial charge in [0.25, 0.3) is 0 Å². The molecule has 0 fully saturated rings. The van der Waals surface area contributed by atoms with Gasteiger partial charge < -0.3 is 10.1 Å². The van der Waals surface area contributed by atoms with Crippen LogP contribution >= 0.6 is 0 Å². The summed E-state index contributed by atoms with van der Waals surface area (Å²) in [6.07, 6.45) is 12.3. The summed E-state index contributed by atoms with van der Waals surface area (Å²) in [7, 11) is 0. The maximum Gasteiger partial charge on any atom is 0.132 e. The Kier molecular flexibility index (Phi) is 9.81. The Morgan fingerprint density at radius 2 is 1.68 bits per heavy atom. The van der Waals surface area contributed by atoms with Crippen LogP contribution in [0.4, 0.5) is 5.82 Å². The average molecular weight is 384 g/mol. The van der Waals surface area contributed by atoms with Crippen LogP contribution in [0.5, 0.6) is 5.75 Å². The first-order chi connectivity index (χ1) is 13.6. The maximum atomic E-state index is 5.96. The first kappa shape index (κ1) is 22.2. The van der Waals surface area contributed by atoms with Crippen molar-refractivity contribution in [1.82, 2.24) is 9.97 Å². The first-order valence-electron chi connectivity index (χ1n) is 10.9. The van der Waals surface area contributed by atoms with Crippen molar-refractivity contribution in [3.8, 4) is 5.75 Å². The van der Waals surface area contributed by atoms with Gasteiger partial charge in [0.05, 0.1) is 6.54 Å². The molecular weight excluding hydrogens is 346 g/mol. The summed E-state index contributed by atoms with van der Waals surface area (Å²) < 4.78 is 5.96. The van der Waals surface area contributed by atoms with Crippen molar-refractivity contribution in [2.45, 2.75) is 79.1 Å². The molecule has 4 nitrogen and oxygen atoms in total. The second-order valence-electron chi connectivity index (χ2n) is 7.68. The third-order valence-corrected chi connectivity index (χ3v) is 5.30. The van der Waals surface area contributed by atoms with Crippen LogP contribution < -0.4 is 10.1 Å². The fourth-order valence-electron chi connectivity index (χ4n) is 3.36. The zero-order valence-corrected chi connectivity index (χ0v) is 18.2. The zero-order valence-electron chi connectivity index (χ0n) is 18.2. The summed E-state index contributed by atoms with van der Waals surface area (Å²) in [5.74, 6) is 1.86. The van der Waals surface area contributed by atoms with Crippen LogP contribution in [-0.2, 0) is 6.42 Å². The quantitative estimate of drug-likeness (QED) is 0.419. The molecule has 0 saturated heterocycles. The lowest BCUT2D eigenvalue weighted by Crippen LogP contribution is -2.14. The standard InChI is InChI=1S/C24H37N3O/c1-5-6-7-8-9-10-11-12-22-13-14-23(19(2)17-22)28-16-15-25-24-20(3)21(4)26-18-27-24/h13-14,17-18H,5-12,15-16H2,1-4H3,(H,25,26,27). The van der Waals surface area contributed by atoms with E-state index in [9.17, 15) is 0 Å². The molecule has 1 heterocycles. The van der Waals surface area contributed by atoms with Crippen molar-refractivity contribution < 1.29 is 4.74 Å². The van der Waals surface area contributed by atoms with Crippen molar-refractivity contribution in [2.75, 3.05) is 18.5 Å². The number of anilines is 1. The number of rotatable bonds is 13. The highest BCUT2D eigenvalue weighted by Crippen LogP contribution is 2.21. The van der Waals surface area contributed by atoms with Crippen molar-refractivity contribution >= 4 is 5.82 Å². The van der Waals surface area contributed by atoms with Gasteiger partial charge in [-0.3, -0.25) is 0 Å². The lowest BCUT2D eigenvalue weighted by Gasteiger charge is -2.13. The molecule has 0 aliphatic rings. The van der Waals surface area contributed by atoms with E-state index < -0.39 is 0 Å². The number of hydrogen-bond acceptors (Lipinski definition) is 4. The highest BCUT2D eigenvalue weighted by Gasteiger charge is 2.04. The minimum absolute atomic E-state index is 0.612. The molecule has 0 radical (unpaired) electrons. The van der Waals surface area contributed by atoms with E-state index in [0.717, 1.165) is 29.4 Å². The smallest absolute Gasteiger partial charge is 0.132 e. The number of nitrogens with zero attached hydrogens (tertiary/aromatic N) is 2. The van der Waals surface area contributed by atoms with E-state index in [1.807, 2.05) is 13.8 Å². The van der Waals surface area contributed by atoms with E-state index in [1.54, 1.807) is 6.33 Å². The maximum absolute atomic E-state index is 5.96. The third kappa shape index (κ3) is 7.49. The molecule has 0 saturated carbocycles. The number of nitrogens with one attached hydrogen (secondary N) is 1. The van der Waals surface area contributed by atoms with Crippen LogP contribution in [0.1, 0.15) is 74.3 Å². The molecule has 1 aromatic heterocycles. The summed E-state index contributed by atoms with van der Waals surface area (Å²) >= 11 is 0. The molecule has 2 rings (SSSR count). The summed E-state index contributed by atoms with van der Waals surface area (Å²) in [6, 6.07) is 6.61. The van der Waals surface area contributed by atoms with Gasteiger partial charge in [-0.2, -0.15) is 0 Å². The molecule has 0 atom stereocenters. The SMILES string of the molecule is CCCCCCCCCc1ccc(OCCNc2ncnc(C)c2C)c(C)c1. The van der Waals surface area contributed by atoms with Gasteiger partial charge >= 0.3 is 0 Å². The number of hydrogen-bond donors (Lipinski definition) is 1. The molecule has 2 aromatic rings. The average Bonchev–Trinajstić information content (AvgIpc) is 2.69. The molecule has 28 heavy (non-hydrogen) atoms. The second kappa shape index (κ2) is 12.4. The van der Waals surface area contributed by atoms with Crippen LogP contribution in [-0.4, -0.2) is 23.1 Å². The van der Waals surface area contributed by atoms with Crippen LogP contribution in [0, 0.1) is 20.8 Å². The van der Waals surface area contributed by atoms with Gasteiger partial charge in [-0.25, -0.2) is 9.97 Å². The Balaban J connectivity index is 1.68. The van der Waals surface area contributed by atoms with Crippen molar-refractivity contribution in [3.05, 3.63) is 46.9 Å². The third-order valence-electron chi connectivity index (χ3n) is 5.30. The predicted octanol–water partition coefficient (Wildman–Crippen LogP) is 6.19. The fraction of sp³-hybridized carbons (Fsp3) is 0.583. The van der Waals surface area contributed by atoms with Gasteiger partial charge in [-0.05, 0) is 50.8 Å². The lowest BCUT2D eigenvalue weighted by molar-refractivity contribution is 0.330. The zero-order chi connectivity index (χ0) is 20.2. The molecule has 0 unspecified atom stereocenters. The van der Waals surface area contributed by atoms with Crippen LogP contribution in [0.3, 0.4) is 0 Å². The molecular formula is C24H37N3O. The van der Waals surface area contributed by atoms with Gasteiger partial charge in [0.2, 0.25) is 0 Å². The van der Waals surface area contributed by atoms with Gasteiger partial charge in [0.1, 0.15) is 24.5 Å². The largest absolute Gasteiger partial charge is 0.491 e. The van der Waals surface area contributed by atoms with Crippen molar-refractivity contribution in [1.29, 1.82) is 0 Å². The second-order valence-corrected chi connectivity index (χ2v) is 7.68. The highest BCUT2D eigenvalue weighted by molar-refractivity contribution is 5.44. The Hall–Kier alpha value is -2.10. The molecule has 0 amide bonds. The Labute approximate surface area is 171 Å². The Morgan fingerprint density at radius 3 is 2.43 bits per heavy atom. The van der Waals surface area contributed by atoms with Crippen molar-refractivity contribution in [2.24, 2.45) is 0 Å². The first-order valence-corrected chi connectivity index (χ1v) is 10.9. The minimum atomic E-state index is 0.612. The van der Waals surface area contributed by atoms with E-state index in [-0.39, 0.29) is 0 Å². The predicted molar refractivity (Wildman–Crippen MR) is 118 cm³/mol. The van der Waals surface area contributed by atoms with Gasteiger partial charge in [0.15, 0.2) is 0 Å². The highest BCUT2D eigenvalue weighted by atomic mass is 16.5. The number of aromatic nitrogens is 2. The summed E-state index contributed by atoms with van der Waals surface area (Å²) in [4.78, 5) is 8.49. The molecule has 1 aromatic carbocycles. The van der Waals surface area contributed by atoms with Crippen LogP contribution in [0.25, 0.3) is 0 Å². The number of aryl methyl sites for hydroxylation is 3. The fourth-order valence-corrected chi connectivity index (χ4v) is 3.36. The van der Waals surface area contributed by atoms with Crippen LogP contribution in [0.15, 0.2) is 24.5 Å². The van der Waals surface area contributed by atoms with Gasteiger partial charge in [-0.1, -0.05) is 57.6 Å². The summed E-state index contributed by atoms with van der Waals surface area (Å²) in [5, 5.41) is 3.33. The molecule has 0 aliphatic carbocycles. The molecule has 154 valence electrons. The molecule has 0 aliphatic heterocycles. The Bertz CT molecular complexity index is 715. The van der Waals surface area contributed by atoms with E-state index >= 15 is 0 Å². The Morgan fingerprint density at radius 1 is 0.929 bits per heavy atom. The molecule has 1 N–H and O–H groups in total.